The van der Waals surface area contributed by atoms with Crippen molar-refractivity contribution in [3.05, 3.63) is 118 Å². The smallest absolute Gasteiger partial charge is 0.196 e. The summed E-state index contributed by atoms with van der Waals surface area (Å²) < 4.78 is 0. The van der Waals surface area contributed by atoms with E-state index in [1.807, 2.05) is 54.6 Å². The quantitative estimate of drug-likeness (QED) is 0.250. The Bertz CT molecular complexity index is 1430. The van der Waals surface area contributed by atoms with Gasteiger partial charge in [0.2, 0.25) is 0 Å². The minimum atomic E-state index is -0.195. The third-order valence-corrected chi connectivity index (χ3v) is 6.30. The first-order valence-electron chi connectivity index (χ1n) is 11.9. The highest BCUT2D eigenvalue weighted by Gasteiger charge is 2.32. The number of fused-ring (bicyclic) bond motifs is 2. The Labute approximate surface area is 209 Å². The zero-order chi connectivity index (χ0) is 25.1. The number of benzene rings is 4. The molecule has 0 unspecified atom stereocenters. The number of rotatable bonds is 8. The summed E-state index contributed by atoms with van der Waals surface area (Å²) in [6.07, 6.45) is 1.15. The van der Waals surface area contributed by atoms with Crippen LogP contribution in [0.3, 0.4) is 0 Å². The molecule has 6 heteroatoms. The van der Waals surface area contributed by atoms with Crippen molar-refractivity contribution < 1.29 is 19.8 Å². The number of aliphatic hydroxyl groups excluding tert-OH is 2. The molecule has 0 amide bonds. The molecule has 0 saturated carbocycles. The second kappa shape index (κ2) is 10.2. The molecular formula is C30H26N2O4. The second-order valence-corrected chi connectivity index (χ2v) is 8.74. The SMILES string of the molecule is O=C1c2ccccc2C(=O)c2c(Nc3ccc(CCO)cc3)cc(Nc3ccc(CCO)cc3)cc21. The van der Waals surface area contributed by atoms with Crippen LogP contribution < -0.4 is 10.6 Å². The first kappa shape index (κ1) is 23.5. The van der Waals surface area contributed by atoms with Crippen LogP contribution in [0.25, 0.3) is 0 Å². The van der Waals surface area contributed by atoms with Crippen LogP contribution in [-0.2, 0) is 12.8 Å². The minimum absolute atomic E-state index is 0.0744. The molecule has 0 radical (unpaired) electrons. The topological polar surface area (TPSA) is 98.7 Å². The molecule has 4 aromatic carbocycles. The van der Waals surface area contributed by atoms with E-state index in [1.54, 1.807) is 30.3 Å². The molecule has 36 heavy (non-hydrogen) atoms. The zero-order valence-electron chi connectivity index (χ0n) is 19.6. The van der Waals surface area contributed by atoms with Gasteiger partial charge in [-0.3, -0.25) is 9.59 Å². The molecule has 5 rings (SSSR count). The van der Waals surface area contributed by atoms with Gasteiger partial charge in [0, 0.05) is 47.0 Å². The molecule has 0 heterocycles. The molecule has 4 aromatic rings. The summed E-state index contributed by atoms with van der Waals surface area (Å²) in [5.74, 6) is -0.386. The fourth-order valence-electron chi connectivity index (χ4n) is 4.49. The third kappa shape index (κ3) is 4.64. The van der Waals surface area contributed by atoms with Crippen molar-refractivity contribution in [2.45, 2.75) is 12.8 Å². The molecule has 6 nitrogen and oxygen atoms in total. The highest BCUT2D eigenvalue weighted by atomic mass is 16.3. The number of nitrogens with one attached hydrogen (secondary N) is 2. The lowest BCUT2D eigenvalue weighted by Gasteiger charge is -2.22. The van der Waals surface area contributed by atoms with Crippen LogP contribution in [0.5, 0.6) is 0 Å². The highest BCUT2D eigenvalue weighted by molar-refractivity contribution is 6.30. The van der Waals surface area contributed by atoms with E-state index in [9.17, 15) is 14.7 Å². The fraction of sp³-hybridized carbons (Fsp3) is 0.133. The maximum absolute atomic E-state index is 13.5. The average molecular weight is 479 g/mol. The maximum Gasteiger partial charge on any atom is 0.196 e. The number of ketones is 2. The lowest BCUT2D eigenvalue weighted by molar-refractivity contribution is 0.0980. The molecule has 0 spiro atoms. The van der Waals surface area contributed by atoms with Gasteiger partial charge in [-0.05, 0) is 60.4 Å². The fourth-order valence-corrected chi connectivity index (χ4v) is 4.49. The molecule has 1 aliphatic carbocycles. The molecule has 0 aliphatic heterocycles. The van der Waals surface area contributed by atoms with Crippen molar-refractivity contribution >= 4 is 34.3 Å². The second-order valence-electron chi connectivity index (χ2n) is 8.74. The van der Waals surface area contributed by atoms with Crippen LogP contribution in [0.1, 0.15) is 43.0 Å². The standard InChI is InChI=1S/C30H26N2O4/c33-15-13-19-5-9-21(10-6-19)31-23-17-26-28(30(36)25-4-2-1-3-24(25)29(26)35)27(18-23)32-22-11-7-20(8-12-22)14-16-34/h1-12,17-18,31-34H,13-16H2. The number of hydrogen-bond acceptors (Lipinski definition) is 6. The summed E-state index contributed by atoms with van der Waals surface area (Å²) in [6, 6.07) is 25.8. The van der Waals surface area contributed by atoms with E-state index in [1.165, 1.54) is 0 Å². The highest BCUT2D eigenvalue weighted by Crippen LogP contribution is 2.37. The van der Waals surface area contributed by atoms with Crippen molar-refractivity contribution in [3.63, 3.8) is 0 Å². The number of aliphatic hydroxyl groups is 2. The van der Waals surface area contributed by atoms with Crippen molar-refractivity contribution in [2.24, 2.45) is 0 Å². The molecule has 0 fully saturated rings. The Morgan fingerprint density at radius 1 is 0.556 bits per heavy atom. The van der Waals surface area contributed by atoms with Gasteiger partial charge in [-0.1, -0.05) is 48.5 Å². The van der Waals surface area contributed by atoms with Crippen LogP contribution in [0, 0.1) is 0 Å². The zero-order valence-corrected chi connectivity index (χ0v) is 19.6. The summed E-state index contributed by atoms with van der Waals surface area (Å²) >= 11 is 0. The Morgan fingerprint density at radius 3 is 1.64 bits per heavy atom. The Balaban J connectivity index is 1.56. The Hall–Kier alpha value is -4.26. The molecule has 1 aliphatic rings. The Kier molecular flexibility index (Phi) is 6.62. The van der Waals surface area contributed by atoms with Gasteiger partial charge in [0.15, 0.2) is 11.6 Å². The monoisotopic (exact) mass is 478 g/mol. The molecule has 4 N–H and O–H groups in total. The van der Waals surface area contributed by atoms with Gasteiger partial charge in [0.05, 0.1) is 11.3 Å². The van der Waals surface area contributed by atoms with Gasteiger partial charge in [-0.2, -0.15) is 0 Å². The minimum Gasteiger partial charge on any atom is -0.396 e. The normalized spacial score (nSPS) is 12.2. The molecule has 0 aromatic heterocycles. The summed E-state index contributed by atoms with van der Waals surface area (Å²) in [6.45, 7) is 0.163. The van der Waals surface area contributed by atoms with Crippen molar-refractivity contribution in [1.82, 2.24) is 0 Å². The van der Waals surface area contributed by atoms with E-state index < -0.39 is 0 Å². The van der Waals surface area contributed by atoms with Gasteiger partial charge >= 0.3 is 0 Å². The van der Waals surface area contributed by atoms with Gasteiger partial charge in [0.1, 0.15) is 0 Å². The van der Waals surface area contributed by atoms with E-state index in [-0.39, 0.29) is 24.8 Å². The predicted molar refractivity (Wildman–Crippen MR) is 141 cm³/mol. The number of carbonyl (C=O) groups is 2. The van der Waals surface area contributed by atoms with Gasteiger partial charge in [-0.15, -0.1) is 0 Å². The van der Waals surface area contributed by atoms with Crippen LogP contribution in [0.4, 0.5) is 22.7 Å². The van der Waals surface area contributed by atoms with Crippen molar-refractivity contribution in [2.75, 3.05) is 23.8 Å². The van der Waals surface area contributed by atoms with E-state index in [4.69, 9.17) is 5.11 Å². The lowest BCUT2D eigenvalue weighted by Crippen LogP contribution is -2.22. The van der Waals surface area contributed by atoms with Gasteiger partial charge in [0.25, 0.3) is 0 Å². The molecule has 0 bridgehead atoms. The average Bonchev–Trinajstić information content (AvgIpc) is 2.90. The number of hydrogen-bond donors (Lipinski definition) is 4. The maximum atomic E-state index is 13.5. The first-order chi connectivity index (χ1) is 17.6. The van der Waals surface area contributed by atoms with Crippen molar-refractivity contribution in [1.29, 1.82) is 0 Å². The Morgan fingerprint density at radius 2 is 1.08 bits per heavy atom. The lowest BCUT2D eigenvalue weighted by atomic mass is 9.83. The van der Waals surface area contributed by atoms with E-state index >= 15 is 0 Å². The van der Waals surface area contributed by atoms with Crippen LogP contribution in [-0.4, -0.2) is 35.0 Å². The first-order valence-corrected chi connectivity index (χ1v) is 11.9. The van der Waals surface area contributed by atoms with Gasteiger partial charge in [-0.25, -0.2) is 0 Å². The summed E-state index contributed by atoms with van der Waals surface area (Å²) in [4.78, 5) is 27.0. The van der Waals surface area contributed by atoms with E-state index in [2.05, 4.69) is 10.6 Å². The van der Waals surface area contributed by atoms with Crippen LogP contribution >= 0.6 is 0 Å². The molecule has 0 atom stereocenters. The molecule has 0 saturated heterocycles. The summed E-state index contributed by atoms with van der Waals surface area (Å²) in [7, 11) is 0. The van der Waals surface area contributed by atoms with E-state index in [0.29, 0.717) is 46.5 Å². The van der Waals surface area contributed by atoms with E-state index in [0.717, 1.165) is 22.5 Å². The van der Waals surface area contributed by atoms with Crippen LogP contribution in [0.2, 0.25) is 0 Å². The molecular weight excluding hydrogens is 452 g/mol. The summed E-state index contributed by atoms with van der Waals surface area (Å²) in [5, 5.41) is 25.0. The van der Waals surface area contributed by atoms with Crippen LogP contribution in [0.15, 0.2) is 84.9 Å². The third-order valence-electron chi connectivity index (χ3n) is 6.30. The molecule has 180 valence electrons. The largest absolute Gasteiger partial charge is 0.396 e. The van der Waals surface area contributed by atoms with Gasteiger partial charge < -0.3 is 20.8 Å². The number of anilines is 4. The van der Waals surface area contributed by atoms with Crippen molar-refractivity contribution in [3.8, 4) is 0 Å². The predicted octanol–water partition coefficient (Wildman–Crippen LogP) is 5.02. The number of carbonyl (C=O) groups excluding carboxylic acids is 2. The summed E-state index contributed by atoms with van der Waals surface area (Å²) in [5.41, 5.74) is 6.33.